The summed E-state index contributed by atoms with van der Waals surface area (Å²) >= 11 is 5.86. The lowest BCUT2D eigenvalue weighted by atomic mass is 9.85. The van der Waals surface area contributed by atoms with E-state index in [0.29, 0.717) is 0 Å². The molecule has 0 bridgehead atoms. The van der Waals surface area contributed by atoms with Gasteiger partial charge in [0.25, 0.3) is 0 Å². The van der Waals surface area contributed by atoms with Gasteiger partial charge in [-0.1, -0.05) is 99.0 Å². The Morgan fingerprint density at radius 2 is 1.38 bits per heavy atom. The van der Waals surface area contributed by atoms with E-state index in [9.17, 15) is 4.39 Å². The molecule has 0 N–H and O–H groups in total. The van der Waals surface area contributed by atoms with E-state index in [1.54, 1.807) is 6.07 Å². The Hall–Kier alpha value is -2.64. The molecule has 0 aliphatic rings. The van der Waals surface area contributed by atoms with Crippen LogP contribution in [-0.2, 0) is 12.8 Å². The molecule has 4 aromatic rings. The first-order chi connectivity index (χ1) is 15.6. The molecule has 0 saturated heterocycles. The van der Waals surface area contributed by atoms with Gasteiger partial charge < -0.3 is 0 Å². The molecule has 0 unspecified atom stereocenters. The molecular weight excluding hydrogens is 415 g/mol. The van der Waals surface area contributed by atoms with Gasteiger partial charge in [0, 0.05) is 0 Å². The monoisotopic (exact) mass is 444 g/mol. The van der Waals surface area contributed by atoms with Crippen LogP contribution >= 0.6 is 11.6 Å². The van der Waals surface area contributed by atoms with Crippen molar-refractivity contribution in [1.29, 1.82) is 0 Å². The van der Waals surface area contributed by atoms with Crippen LogP contribution in [0, 0.1) is 5.82 Å². The summed E-state index contributed by atoms with van der Waals surface area (Å²) in [5, 5.41) is 2.85. The number of aryl methyl sites for hydroxylation is 2. The Balaban J connectivity index is 1.84. The topological polar surface area (TPSA) is 0 Å². The normalized spacial score (nSPS) is 11.2. The summed E-state index contributed by atoms with van der Waals surface area (Å²) < 4.78 is 14.0. The molecule has 0 heterocycles. The third kappa shape index (κ3) is 4.74. The molecule has 2 heteroatoms. The highest BCUT2D eigenvalue weighted by atomic mass is 35.5. The second-order valence-electron chi connectivity index (χ2n) is 8.52. The largest absolute Gasteiger partial charge is 0.205 e. The van der Waals surface area contributed by atoms with Crippen molar-refractivity contribution in [1.82, 2.24) is 0 Å². The van der Waals surface area contributed by atoms with Crippen LogP contribution in [0.15, 0.2) is 72.8 Å². The van der Waals surface area contributed by atoms with Crippen molar-refractivity contribution in [3.05, 3.63) is 94.8 Å². The van der Waals surface area contributed by atoms with E-state index in [2.05, 4.69) is 68.4 Å². The average Bonchev–Trinajstić information content (AvgIpc) is 2.82. The molecule has 0 fully saturated rings. The number of benzene rings is 4. The van der Waals surface area contributed by atoms with Gasteiger partial charge in [-0.25, -0.2) is 4.39 Å². The van der Waals surface area contributed by atoms with Crippen LogP contribution in [0.1, 0.15) is 50.7 Å². The minimum Gasteiger partial charge on any atom is -0.205 e. The number of hydrogen-bond donors (Lipinski definition) is 0. The predicted octanol–water partition coefficient (Wildman–Crippen LogP) is 9.65. The second kappa shape index (κ2) is 10.3. The summed E-state index contributed by atoms with van der Waals surface area (Å²) in [4.78, 5) is 0. The lowest BCUT2D eigenvalue weighted by Crippen LogP contribution is -1.99. The van der Waals surface area contributed by atoms with Crippen LogP contribution in [0.5, 0.6) is 0 Å². The van der Waals surface area contributed by atoms with Gasteiger partial charge in [0.1, 0.15) is 5.82 Å². The molecule has 0 nitrogen and oxygen atoms in total. The van der Waals surface area contributed by atoms with E-state index in [-0.39, 0.29) is 10.8 Å². The van der Waals surface area contributed by atoms with Crippen LogP contribution < -0.4 is 0 Å². The van der Waals surface area contributed by atoms with Gasteiger partial charge in [-0.3, -0.25) is 0 Å². The molecule has 0 radical (unpaired) electrons. The molecule has 164 valence electrons. The highest BCUT2D eigenvalue weighted by Gasteiger charge is 2.15. The number of rotatable bonds is 8. The number of fused-ring (bicyclic) bond motifs is 1. The number of unbranched alkanes of at least 4 members (excludes halogenated alkanes) is 2. The summed E-state index contributed by atoms with van der Waals surface area (Å²) in [5.41, 5.74) is 7.36. The highest BCUT2D eigenvalue weighted by molar-refractivity contribution is 6.30. The summed E-state index contributed by atoms with van der Waals surface area (Å²) in [6.07, 6.45) is 6.87. The zero-order valence-corrected chi connectivity index (χ0v) is 19.7. The third-order valence-corrected chi connectivity index (χ3v) is 6.55. The first-order valence-corrected chi connectivity index (χ1v) is 12.1. The van der Waals surface area contributed by atoms with Crippen molar-refractivity contribution >= 4 is 22.4 Å². The molecule has 4 rings (SSSR count). The van der Waals surface area contributed by atoms with E-state index in [1.165, 1.54) is 64.8 Å². The number of hydrogen-bond acceptors (Lipinski definition) is 0. The molecule has 0 aliphatic heterocycles. The summed E-state index contributed by atoms with van der Waals surface area (Å²) in [5.74, 6) is -0.383. The summed E-state index contributed by atoms with van der Waals surface area (Å²) in [6, 6.07) is 24.7. The Morgan fingerprint density at radius 3 is 2.09 bits per heavy atom. The van der Waals surface area contributed by atoms with E-state index in [1.807, 2.05) is 6.07 Å². The van der Waals surface area contributed by atoms with Crippen molar-refractivity contribution in [2.24, 2.45) is 0 Å². The summed E-state index contributed by atoms with van der Waals surface area (Å²) in [7, 11) is 0. The lowest BCUT2D eigenvalue weighted by molar-refractivity contribution is 0.629. The van der Waals surface area contributed by atoms with Crippen molar-refractivity contribution in [3.8, 4) is 22.3 Å². The fourth-order valence-electron chi connectivity index (χ4n) is 4.53. The lowest BCUT2D eigenvalue weighted by Gasteiger charge is -2.19. The van der Waals surface area contributed by atoms with Crippen molar-refractivity contribution in [2.75, 3.05) is 0 Å². The smallest absolute Gasteiger partial charge is 0.142 e. The summed E-state index contributed by atoms with van der Waals surface area (Å²) in [6.45, 7) is 4.50. The molecule has 0 aliphatic carbocycles. The third-order valence-electron chi connectivity index (χ3n) is 6.25. The Morgan fingerprint density at radius 1 is 0.719 bits per heavy atom. The van der Waals surface area contributed by atoms with Crippen LogP contribution in [0.25, 0.3) is 33.0 Å². The number of halogens is 2. The molecule has 0 amide bonds. The van der Waals surface area contributed by atoms with Gasteiger partial charge in [-0.2, -0.15) is 0 Å². The zero-order chi connectivity index (χ0) is 22.5. The maximum absolute atomic E-state index is 14.0. The minimum atomic E-state index is -0.383. The molecule has 0 aromatic heterocycles. The van der Waals surface area contributed by atoms with Gasteiger partial charge in [0.15, 0.2) is 0 Å². The fourth-order valence-corrected chi connectivity index (χ4v) is 4.65. The van der Waals surface area contributed by atoms with Crippen molar-refractivity contribution in [2.45, 2.75) is 52.4 Å². The molecule has 0 saturated carbocycles. The first-order valence-electron chi connectivity index (χ1n) is 11.7. The predicted molar refractivity (Wildman–Crippen MR) is 137 cm³/mol. The minimum absolute atomic E-state index is 0.155. The molecule has 32 heavy (non-hydrogen) atoms. The maximum atomic E-state index is 14.0. The Kier molecular flexibility index (Phi) is 7.27. The second-order valence-corrected chi connectivity index (χ2v) is 8.93. The van der Waals surface area contributed by atoms with Gasteiger partial charge >= 0.3 is 0 Å². The van der Waals surface area contributed by atoms with Crippen LogP contribution in [0.4, 0.5) is 4.39 Å². The van der Waals surface area contributed by atoms with Crippen molar-refractivity contribution in [3.63, 3.8) is 0 Å². The van der Waals surface area contributed by atoms with E-state index < -0.39 is 0 Å². The van der Waals surface area contributed by atoms with Gasteiger partial charge in [-0.15, -0.1) is 0 Å². The van der Waals surface area contributed by atoms with E-state index in [4.69, 9.17) is 11.6 Å². The Bertz CT molecular complexity index is 1210. The molecule has 0 atom stereocenters. The first kappa shape index (κ1) is 22.6. The quantitative estimate of drug-likeness (QED) is 0.253. The van der Waals surface area contributed by atoms with Gasteiger partial charge in [0.05, 0.1) is 5.02 Å². The van der Waals surface area contributed by atoms with Crippen molar-refractivity contribution < 1.29 is 4.39 Å². The van der Waals surface area contributed by atoms with Crippen LogP contribution in [0.3, 0.4) is 0 Å². The maximum Gasteiger partial charge on any atom is 0.142 e. The highest BCUT2D eigenvalue weighted by Crippen LogP contribution is 2.37. The molecular formula is C30H30ClF. The molecule has 4 aromatic carbocycles. The van der Waals surface area contributed by atoms with E-state index >= 15 is 0 Å². The fraction of sp³-hybridized carbons (Fsp3) is 0.267. The van der Waals surface area contributed by atoms with Gasteiger partial charge in [0.2, 0.25) is 0 Å². The molecule has 0 spiro atoms. The standard InChI is InChI=1S/C30H30ClF/c1-3-5-9-25-19-24-10-7-8-12-26(24)27(11-6-4-2)30(25)22-15-13-21(14-16-22)23-17-18-28(31)29(32)20-23/h7-8,10,12-20H,3-6,9,11H2,1-2H3. The zero-order valence-electron chi connectivity index (χ0n) is 18.9. The van der Waals surface area contributed by atoms with Crippen LogP contribution in [0.2, 0.25) is 5.02 Å². The Labute approximate surface area is 196 Å². The van der Waals surface area contributed by atoms with Gasteiger partial charge in [-0.05, 0) is 82.0 Å². The SMILES string of the molecule is CCCCc1cc2ccccc2c(CCCC)c1-c1ccc(-c2ccc(Cl)c(F)c2)cc1. The van der Waals surface area contributed by atoms with Crippen LogP contribution in [-0.4, -0.2) is 0 Å². The average molecular weight is 445 g/mol. The van der Waals surface area contributed by atoms with E-state index in [0.717, 1.165) is 24.0 Å².